The predicted octanol–water partition coefficient (Wildman–Crippen LogP) is 4.35. The van der Waals surface area contributed by atoms with Crippen LogP contribution >= 0.6 is 11.3 Å². The molecular weight excluding hydrogens is 324 g/mol. The quantitative estimate of drug-likeness (QED) is 0.845. The van der Waals surface area contributed by atoms with Crippen molar-refractivity contribution in [2.75, 3.05) is 19.5 Å². The first-order valence-corrected chi connectivity index (χ1v) is 9.05. The average Bonchev–Trinajstić information content (AvgIpc) is 3.26. The summed E-state index contributed by atoms with van der Waals surface area (Å²) in [5, 5.41) is 5.50. The zero-order valence-electron chi connectivity index (χ0n) is 14.0. The first-order chi connectivity index (χ1) is 11.7. The number of hydrogen-bond donors (Lipinski definition) is 1. The summed E-state index contributed by atoms with van der Waals surface area (Å²) in [4.78, 5) is 16.6. The fourth-order valence-corrected chi connectivity index (χ4v) is 3.84. The van der Waals surface area contributed by atoms with E-state index in [0.29, 0.717) is 29.0 Å². The molecule has 1 fully saturated rings. The van der Waals surface area contributed by atoms with Gasteiger partial charge in [0, 0.05) is 17.4 Å². The van der Waals surface area contributed by atoms with E-state index in [-0.39, 0.29) is 5.91 Å². The van der Waals surface area contributed by atoms with E-state index < -0.39 is 0 Å². The number of anilines is 1. The number of ether oxygens (including phenoxy) is 2. The van der Waals surface area contributed by atoms with Crippen molar-refractivity contribution in [2.24, 2.45) is 5.92 Å². The highest BCUT2D eigenvalue weighted by Gasteiger charge is 2.19. The second-order valence-corrected chi connectivity index (χ2v) is 6.87. The molecule has 0 bridgehead atoms. The van der Waals surface area contributed by atoms with Crippen LogP contribution in [0.25, 0.3) is 11.3 Å². The van der Waals surface area contributed by atoms with Crippen molar-refractivity contribution in [1.82, 2.24) is 4.98 Å². The van der Waals surface area contributed by atoms with Gasteiger partial charge in [-0.1, -0.05) is 12.8 Å². The van der Waals surface area contributed by atoms with Gasteiger partial charge in [-0.2, -0.15) is 0 Å². The number of methoxy groups -OCH3 is 2. The van der Waals surface area contributed by atoms with Gasteiger partial charge in [0.25, 0.3) is 0 Å². The molecule has 0 unspecified atom stereocenters. The zero-order valence-corrected chi connectivity index (χ0v) is 14.8. The van der Waals surface area contributed by atoms with Crippen LogP contribution in [-0.2, 0) is 4.79 Å². The molecule has 6 heteroatoms. The van der Waals surface area contributed by atoms with Crippen molar-refractivity contribution in [3.63, 3.8) is 0 Å². The number of nitrogens with zero attached hydrogens (tertiary/aromatic N) is 1. The van der Waals surface area contributed by atoms with Gasteiger partial charge in [-0.25, -0.2) is 4.98 Å². The maximum atomic E-state index is 12.1. The second kappa shape index (κ2) is 7.66. The molecule has 24 heavy (non-hydrogen) atoms. The summed E-state index contributed by atoms with van der Waals surface area (Å²) in [5.74, 6) is 1.95. The van der Waals surface area contributed by atoms with Crippen molar-refractivity contribution in [3.05, 3.63) is 23.6 Å². The topological polar surface area (TPSA) is 60.5 Å². The lowest BCUT2D eigenvalue weighted by molar-refractivity contribution is -0.117. The molecule has 1 aliphatic carbocycles. The van der Waals surface area contributed by atoms with Gasteiger partial charge in [-0.3, -0.25) is 4.79 Å². The Hall–Kier alpha value is -2.08. The Morgan fingerprint density at radius 1 is 1.25 bits per heavy atom. The van der Waals surface area contributed by atoms with E-state index in [1.165, 1.54) is 37.0 Å². The minimum absolute atomic E-state index is 0.0649. The number of rotatable bonds is 6. The minimum atomic E-state index is 0.0649. The lowest BCUT2D eigenvalue weighted by Crippen LogP contribution is -2.14. The molecule has 5 nitrogen and oxygen atoms in total. The number of carbonyl (C=O) groups is 1. The lowest BCUT2D eigenvalue weighted by atomic mass is 10.0. The van der Waals surface area contributed by atoms with E-state index in [9.17, 15) is 4.79 Å². The van der Waals surface area contributed by atoms with E-state index in [0.717, 1.165) is 11.3 Å². The van der Waals surface area contributed by atoms with Gasteiger partial charge in [0.1, 0.15) is 0 Å². The number of amides is 1. The molecule has 0 spiro atoms. The number of benzene rings is 1. The van der Waals surface area contributed by atoms with Gasteiger partial charge < -0.3 is 14.8 Å². The first kappa shape index (κ1) is 16.8. The third-order valence-corrected chi connectivity index (χ3v) is 5.14. The van der Waals surface area contributed by atoms with Crippen LogP contribution in [0.2, 0.25) is 0 Å². The average molecular weight is 346 g/mol. The molecule has 0 radical (unpaired) electrons. The summed E-state index contributed by atoms with van der Waals surface area (Å²) >= 11 is 1.44. The maximum Gasteiger partial charge on any atom is 0.226 e. The third-order valence-electron chi connectivity index (χ3n) is 4.38. The predicted molar refractivity (Wildman–Crippen MR) is 95.9 cm³/mol. The van der Waals surface area contributed by atoms with Crippen LogP contribution in [0.4, 0.5) is 5.13 Å². The molecular formula is C18H22N2O3S. The molecule has 3 rings (SSSR count). The summed E-state index contributed by atoms with van der Waals surface area (Å²) in [5.41, 5.74) is 1.75. The second-order valence-electron chi connectivity index (χ2n) is 6.01. The van der Waals surface area contributed by atoms with Crippen LogP contribution in [0.5, 0.6) is 11.5 Å². The normalized spacial score (nSPS) is 14.6. The molecule has 0 saturated heterocycles. The monoisotopic (exact) mass is 346 g/mol. The number of carbonyl (C=O) groups excluding carboxylic acids is 1. The molecule has 1 saturated carbocycles. The summed E-state index contributed by atoms with van der Waals surface area (Å²) in [6.45, 7) is 0. The van der Waals surface area contributed by atoms with Crippen molar-refractivity contribution in [1.29, 1.82) is 0 Å². The molecule has 1 aromatic carbocycles. The van der Waals surface area contributed by atoms with Crippen molar-refractivity contribution in [3.8, 4) is 22.8 Å². The molecule has 0 atom stereocenters. The van der Waals surface area contributed by atoms with Gasteiger partial charge in [0.2, 0.25) is 5.91 Å². The fourth-order valence-electron chi connectivity index (χ4n) is 3.11. The van der Waals surface area contributed by atoms with E-state index in [1.807, 2.05) is 23.6 Å². The SMILES string of the molecule is COc1ccc(-c2csc(NC(=O)CC3CCCC3)n2)cc1OC. The van der Waals surface area contributed by atoms with Crippen LogP contribution < -0.4 is 14.8 Å². The summed E-state index contributed by atoms with van der Waals surface area (Å²) < 4.78 is 10.6. The maximum absolute atomic E-state index is 12.1. The highest BCUT2D eigenvalue weighted by Crippen LogP contribution is 2.34. The minimum Gasteiger partial charge on any atom is -0.493 e. The number of thiazole rings is 1. The molecule has 2 aromatic rings. The zero-order chi connectivity index (χ0) is 16.9. The van der Waals surface area contributed by atoms with E-state index >= 15 is 0 Å². The van der Waals surface area contributed by atoms with Crippen LogP contribution in [0, 0.1) is 5.92 Å². The van der Waals surface area contributed by atoms with Crippen LogP contribution in [0.3, 0.4) is 0 Å². The van der Waals surface area contributed by atoms with Crippen molar-refractivity contribution >= 4 is 22.4 Å². The third kappa shape index (κ3) is 3.87. The molecule has 1 heterocycles. The van der Waals surface area contributed by atoms with Crippen LogP contribution in [-0.4, -0.2) is 25.1 Å². The summed E-state index contributed by atoms with van der Waals surface area (Å²) in [7, 11) is 3.22. The van der Waals surface area contributed by atoms with Crippen molar-refractivity contribution < 1.29 is 14.3 Å². The Morgan fingerprint density at radius 3 is 2.71 bits per heavy atom. The van der Waals surface area contributed by atoms with E-state index in [2.05, 4.69) is 10.3 Å². The fraction of sp³-hybridized carbons (Fsp3) is 0.444. The molecule has 0 aliphatic heterocycles. The molecule has 128 valence electrons. The standard InChI is InChI=1S/C18H22N2O3S/c1-22-15-8-7-13(10-16(15)23-2)14-11-24-18(19-14)20-17(21)9-12-5-3-4-6-12/h7-8,10-12H,3-6,9H2,1-2H3,(H,19,20,21). The summed E-state index contributed by atoms with van der Waals surface area (Å²) in [6, 6.07) is 5.67. The Kier molecular flexibility index (Phi) is 5.35. The van der Waals surface area contributed by atoms with Crippen LogP contribution in [0.15, 0.2) is 23.6 Å². The van der Waals surface area contributed by atoms with E-state index in [4.69, 9.17) is 9.47 Å². The lowest BCUT2D eigenvalue weighted by Gasteiger charge is -2.08. The van der Waals surface area contributed by atoms with Crippen molar-refractivity contribution in [2.45, 2.75) is 32.1 Å². The van der Waals surface area contributed by atoms with Gasteiger partial charge in [-0.05, 0) is 37.0 Å². The Bertz CT molecular complexity index is 708. The van der Waals surface area contributed by atoms with E-state index in [1.54, 1.807) is 14.2 Å². The number of aromatic nitrogens is 1. The van der Waals surface area contributed by atoms with Gasteiger partial charge in [0.05, 0.1) is 19.9 Å². The van der Waals surface area contributed by atoms with Gasteiger partial charge >= 0.3 is 0 Å². The Morgan fingerprint density at radius 2 is 2.00 bits per heavy atom. The van der Waals surface area contributed by atoms with Crippen LogP contribution in [0.1, 0.15) is 32.1 Å². The number of nitrogens with one attached hydrogen (secondary N) is 1. The highest BCUT2D eigenvalue weighted by atomic mass is 32.1. The molecule has 1 aliphatic rings. The molecule has 1 N–H and O–H groups in total. The first-order valence-electron chi connectivity index (χ1n) is 8.17. The van der Waals surface area contributed by atoms with Gasteiger partial charge in [-0.15, -0.1) is 11.3 Å². The largest absolute Gasteiger partial charge is 0.493 e. The van der Waals surface area contributed by atoms with Gasteiger partial charge in [0.15, 0.2) is 16.6 Å². The Labute approximate surface area is 146 Å². The number of hydrogen-bond acceptors (Lipinski definition) is 5. The molecule has 1 amide bonds. The molecule has 1 aromatic heterocycles. The smallest absolute Gasteiger partial charge is 0.226 e. The summed E-state index contributed by atoms with van der Waals surface area (Å²) in [6.07, 6.45) is 5.44. The Balaban J connectivity index is 1.67. The highest BCUT2D eigenvalue weighted by molar-refractivity contribution is 7.14.